The summed E-state index contributed by atoms with van der Waals surface area (Å²) in [4.78, 5) is 4.21. The van der Waals surface area contributed by atoms with Gasteiger partial charge in [0.05, 0.1) is 6.04 Å². The Morgan fingerprint density at radius 1 is 0.947 bits per heavy atom. The van der Waals surface area contributed by atoms with Crippen molar-refractivity contribution in [2.45, 2.75) is 6.04 Å². The Morgan fingerprint density at radius 3 is 2.53 bits per heavy atom. The molecule has 3 rings (SSSR count). The van der Waals surface area contributed by atoms with Gasteiger partial charge in [0.1, 0.15) is 11.3 Å². The fraction of sp³-hybridized carbons (Fsp3) is 0.0625. The third-order valence-electron chi connectivity index (χ3n) is 3.27. The number of phenolic OH excluding ortho intramolecular Hbond substituents is 1. The van der Waals surface area contributed by atoms with Gasteiger partial charge in [0.25, 0.3) is 0 Å². The van der Waals surface area contributed by atoms with E-state index < -0.39 is 0 Å². The van der Waals surface area contributed by atoms with Gasteiger partial charge in [-0.2, -0.15) is 0 Å². The summed E-state index contributed by atoms with van der Waals surface area (Å²) in [5.74, 6) is 0.162. The zero-order valence-corrected chi connectivity index (χ0v) is 10.3. The Hall–Kier alpha value is -2.39. The van der Waals surface area contributed by atoms with Crippen molar-refractivity contribution in [2.75, 3.05) is 0 Å². The van der Waals surface area contributed by atoms with Crippen LogP contribution in [0.5, 0.6) is 5.75 Å². The predicted octanol–water partition coefficient (Wildman–Crippen LogP) is 2.99. The van der Waals surface area contributed by atoms with E-state index in [1.54, 1.807) is 6.20 Å². The van der Waals surface area contributed by atoms with Crippen LogP contribution in [0.4, 0.5) is 0 Å². The maximum absolute atomic E-state index is 10.3. The summed E-state index contributed by atoms with van der Waals surface area (Å²) < 4.78 is 0. The lowest BCUT2D eigenvalue weighted by atomic mass is 9.97. The molecular weight excluding hydrogens is 236 g/mol. The van der Waals surface area contributed by atoms with Crippen molar-refractivity contribution in [3.63, 3.8) is 0 Å². The highest BCUT2D eigenvalue weighted by molar-refractivity contribution is 5.85. The number of nitrogens with zero attached hydrogens (tertiary/aromatic N) is 1. The molecule has 3 nitrogen and oxygen atoms in total. The third kappa shape index (κ3) is 2.04. The molecule has 1 aromatic heterocycles. The number of pyridine rings is 1. The van der Waals surface area contributed by atoms with Crippen molar-refractivity contribution < 1.29 is 5.11 Å². The number of benzene rings is 2. The van der Waals surface area contributed by atoms with E-state index in [0.717, 1.165) is 10.9 Å². The Balaban J connectivity index is 2.13. The Labute approximate surface area is 111 Å². The molecule has 0 saturated heterocycles. The van der Waals surface area contributed by atoms with Crippen LogP contribution < -0.4 is 5.73 Å². The molecule has 0 aliphatic carbocycles. The molecule has 0 radical (unpaired) electrons. The second-order valence-corrected chi connectivity index (χ2v) is 4.47. The van der Waals surface area contributed by atoms with Crippen LogP contribution >= 0.6 is 0 Å². The normalized spacial score (nSPS) is 12.5. The molecule has 0 aliphatic rings. The number of hydrogen-bond donors (Lipinski definition) is 2. The monoisotopic (exact) mass is 250 g/mol. The summed E-state index contributed by atoms with van der Waals surface area (Å²) >= 11 is 0. The van der Waals surface area contributed by atoms with E-state index in [1.807, 2.05) is 54.6 Å². The first-order valence-electron chi connectivity index (χ1n) is 6.14. The number of hydrogen-bond acceptors (Lipinski definition) is 3. The molecule has 94 valence electrons. The van der Waals surface area contributed by atoms with Gasteiger partial charge < -0.3 is 10.8 Å². The molecule has 19 heavy (non-hydrogen) atoms. The highest BCUT2D eigenvalue weighted by Gasteiger charge is 2.15. The molecule has 1 unspecified atom stereocenters. The lowest BCUT2D eigenvalue weighted by molar-refractivity contribution is 0.470. The van der Waals surface area contributed by atoms with Crippen LogP contribution in [0.1, 0.15) is 17.2 Å². The molecule has 0 amide bonds. The second-order valence-electron chi connectivity index (χ2n) is 4.47. The molecule has 1 heterocycles. The molecule has 0 bridgehead atoms. The molecule has 3 aromatic rings. The van der Waals surface area contributed by atoms with Crippen LogP contribution in [0.15, 0.2) is 60.8 Å². The number of rotatable bonds is 2. The highest BCUT2D eigenvalue weighted by Crippen LogP contribution is 2.32. The average molecular weight is 250 g/mol. The smallest absolute Gasteiger partial charge is 0.146 e. The quantitative estimate of drug-likeness (QED) is 0.735. The molecular formula is C16H14N2O. The zero-order chi connectivity index (χ0) is 13.2. The average Bonchev–Trinajstić information content (AvgIpc) is 2.48. The van der Waals surface area contributed by atoms with E-state index in [0.29, 0.717) is 11.1 Å². The van der Waals surface area contributed by atoms with Gasteiger partial charge in [-0.3, -0.25) is 4.98 Å². The van der Waals surface area contributed by atoms with Crippen LogP contribution in [0.2, 0.25) is 0 Å². The van der Waals surface area contributed by atoms with Gasteiger partial charge >= 0.3 is 0 Å². The molecule has 0 aliphatic heterocycles. The number of phenols is 1. The van der Waals surface area contributed by atoms with Crippen LogP contribution in [0.3, 0.4) is 0 Å². The van der Waals surface area contributed by atoms with Gasteiger partial charge in [-0.05, 0) is 11.6 Å². The largest absolute Gasteiger partial charge is 0.505 e. The minimum atomic E-state index is -0.354. The summed E-state index contributed by atoms with van der Waals surface area (Å²) in [5.41, 5.74) is 8.47. The van der Waals surface area contributed by atoms with Crippen LogP contribution in [-0.4, -0.2) is 10.1 Å². The molecule has 3 N–H and O–H groups in total. The maximum atomic E-state index is 10.3. The van der Waals surface area contributed by atoms with Crippen LogP contribution in [-0.2, 0) is 0 Å². The topological polar surface area (TPSA) is 59.1 Å². The number of aromatic nitrogens is 1. The maximum Gasteiger partial charge on any atom is 0.146 e. The summed E-state index contributed by atoms with van der Waals surface area (Å²) in [6, 6.07) is 16.9. The van der Waals surface area contributed by atoms with E-state index in [-0.39, 0.29) is 11.8 Å². The zero-order valence-electron chi connectivity index (χ0n) is 10.3. The molecule has 1 atom stereocenters. The Kier molecular flexibility index (Phi) is 2.89. The standard InChI is InChI=1S/C16H14N2O/c17-14(11-5-2-1-3-6-11)13-9-8-12-7-4-10-18-15(12)16(13)19/h1-10,14,19H,17H2. The second kappa shape index (κ2) is 4.71. The lowest BCUT2D eigenvalue weighted by Gasteiger charge is -2.15. The molecule has 0 spiro atoms. The Bertz CT molecular complexity index is 710. The van der Waals surface area contributed by atoms with Gasteiger partial charge in [0, 0.05) is 17.1 Å². The van der Waals surface area contributed by atoms with Crippen molar-refractivity contribution in [3.05, 3.63) is 71.9 Å². The fourth-order valence-corrected chi connectivity index (χ4v) is 2.24. The van der Waals surface area contributed by atoms with Crippen LogP contribution in [0.25, 0.3) is 10.9 Å². The van der Waals surface area contributed by atoms with Gasteiger partial charge in [-0.1, -0.05) is 48.5 Å². The van der Waals surface area contributed by atoms with Crippen molar-refractivity contribution in [3.8, 4) is 5.75 Å². The minimum Gasteiger partial charge on any atom is -0.505 e. The molecule has 3 heteroatoms. The molecule has 0 saturated carbocycles. The van der Waals surface area contributed by atoms with Crippen molar-refractivity contribution in [1.82, 2.24) is 4.98 Å². The van der Waals surface area contributed by atoms with E-state index >= 15 is 0 Å². The Morgan fingerprint density at radius 2 is 1.74 bits per heavy atom. The number of aromatic hydroxyl groups is 1. The molecule has 2 aromatic carbocycles. The summed E-state index contributed by atoms with van der Waals surface area (Å²) in [5, 5.41) is 11.2. The van der Waals surface area contributed by atoms with Crippen molar-refractivity contribution in [2.24, 2.45) is 5.73 Å². The highest BCUT2D eigenvalue weighted by atomic mass is 16.3. The van der Waals surface area contributed by atoms with Crippen molar-refractivity contribution in [1.29, 1.82) is 0 Å². The van der Waals surface area contributed by atoms with Gasteiger partial charge in [-0.15, -0.1) is 0 Å². The minimum absolute atomic E-state index is 0.162. The molecule has 0 fully saturated rings. The summed E-state index contributed by atoms with van der Waals surface area (Å²) in [6.45, 7) is 0. The summed E-state index contributed by atoms with van der Waals surface area (Å²) in [6.07, 6.45) is 1.67. The van der Waals surface area contributed by atoms with Gasteiger partial charge in [0.15, 0.2) is 0 Å². The number of fused-ring (bicyclic) bond motifs is 1. The lowest BCUT2D eigenvalue weighted by Crippen LogP contribution is -2.12. The van der Waals surface area contributed by atoms with E-state index in [2.05, 4.69) is 4.98 Å². The van der Waals surface area contributed by atoms with Gasteiger partial charge in [0.2, 0.25) is 0 Å². The third-order valence-corrected chi connectivity index (χ3v) is 3.27. The van der Waals surface area contributed by atoms with Gasteiger partial charge in [-0.25, -0.2) is 0 Å². The summed E-state index contributed by atoms with van der Waals surface area (Å²) in [7, 11) is 0. The van der Waals surface area contributed by atoms with Crippen molar-refractivity contribution >= 4 is 10.9 Å². The fourth-order valence-electron chi connectivity index (χ4n) is 2.24. The number of nitrogens with two attached hydrogens (primary N) is 1. The van der Waals surface area contributed by atoms with E-state index in [9.17, 15) is 5.11 Å². The SMILES string of the molecule is NC(c1ccccc1)c1ccc2cccnc2c1O. The predicted molar refractivity (Wildman–Crippen MR) is 75.9 cm³/mol. The van der Waals surface area contributed by atoms with E-state index in [1.165, 1.54) is 0 Å². The first-order chi connectivity index (χ1) is 9.27. The van der Waals surface area contributed by atoms with E-state index in [4.69, 9.17) is 5.73 Å². The first-order valence-corrected chi connectivity index (χ1v) is 6.14. The van der Waals surface area contributed by atoms with Crippen LogP contribution in [0, 0.1) is 0 Å². The first kappa shape index (κ1) is 11.7.